The zero-order chi connectivity index (χ0) is 8.97. The summed E-state index contributed by atoms with van der Waals surface area (Å²) in [6.07, 6.45) is 1.09. The molecule has 12 heavy (non-hydrogen) atoms. The van der Waals surface area contributed by atoms with Gasteiger partial charge < -0.3 is 0 Å². The first-order valence-corrected chi connectivity index (χ1v) is 4.36. The summed E-state index contributed by atoms with van der Waals surface area (Å²) in [5.74, 6) is 0.247. The monoisotopic (exact) mass is 182 g/mol. The largest absolute Gasteiger partial charge is 0.299 e. The van der Waals surface area contributed by atoms with Gasteiger partial charge in [-0.1, -0.05) is 30.7 Å². The molecule has 0 aliphatic heterocycles. The number of ketones is 1. The minimum Gasteiger partial charge on any atom is -0.299 e. The first kappa shape index (κ1) is 9.27. The van der Waals surface area contributed by atoms with E-state index in [1.807, 2.05) is 31.2 Å². The van der Waals surface area contributed by atoms with Crippen LogP contribution in [0.15, 0.2) is 24.3 Å². The molecule has 1 aromatic rings. The minimum absolute atomic E-state index is 0.247. The fraction of sp³-hybridized carbons (Fsp3) is 0.300. The molecule has 0 radical (unpaired) electrons. The summed E-state index contributed by atoms with van der Waals surface area (Å²) >= 11 is 5.76. The molecular formula is C10H11ClO. The van der Waals surface area contributed by atoms with Gasteiger partial charge in [0.1, 0.15) is 5.78 Å². The zero-order valence-electron chi connectivity index (χ0n) is 7.01. The average molecular weight is 183 g/mol. The molecule has 0 bridgehead atoms. The van der Waals surface area contributed by atoms with Crippen LogP contribution in [0.3, 0.4) is 0 Å². The van der Waals surface area contributed by atoms with Gasteiger partial charge in [0.05, 0.1) is 0 Å². The van der Waals surface area contributed by atoms with Gasteiger partial charge in [-0.3, -0.25) is 4.79 Å². The molecule has 0 aliphatic carbocycles. The van der Waals surface area contributed by atoms with Crippen molar-refractivity contribution < 1.29 is 4.79 Å². The van der Waals surface area contributed by atoms with Gasteiger partial charge in [0.2, 0.25) is 0 Å². The van der Waals surface area contributed by atoms with E-state index in [0.717, 1.165) is 5.56 Å². The molecule has 0 heterocycles. The minimum atomic E-state index is 0.247. The van der Waals surface area contributed by atoms with E-state index in [-0.39, 0.29) is 5.78 Å². The predicted molar refractivity (Wildman–Crippen MR) is 50.5 cm³/mol. The van der Waals surface area contributed by atoms with Gasteiger partial charge in [-0.05, 0) is 17.7 Å². The topological polar surface area (TPSA) is 17.1 Å². The molecule has 1 nitrogen and oxygen atoms in total. The van der Waals surface area contributed by atoms with Crippen molar-refractivity contribution in [3.63, 3.8) is 0 Å². The maximum atomic E-state index is 11.0. The Balaban J connectivity index is 2.69. The molecule has 1 aromatic carbocycles. The van der Waals surface area contributed by atoms with Crippen LogP contribution in [0.2, 0.25) is 5.02 Å². The maximum Gasteiger partial charge on any atom is 0.136 e. The summed E-state index contributed by atoms with van der Waals surface area (Å²) in [5.41, 5.74) is 0.995. The van der Waals surface area contributed by atoms with Crippen molar-refractivity contribution in [3.8, 4) is 0 Å². The van der Waals surface area contributed by atoms with Gasteiger partial charge in [0, 0.05) is 17.9 Å². The summed E-state index contributed by atoms with van der Waals surface area (Å²) < 4.78 is 0. The Morgan fingerprint density at radius 2 is 2.25 bits per heavy atom. The van der Waals surface area contributed by atoms with Crippen LogP contribution in [0.25, 0.3) is 0 Å². The average Bonchev–Trinajstić information content (AvgIpc) is 2.04. The lowest BCUT2D eigenvalue weighted by atomic mass is 10.1. The molecule has 0 aliphatic rings. The Morgan fingerprint density at radius 1 is 1.50 bits per heavy atom. The predicted octanol–water partition coefficient (Wildman–Crippen LogP) is 2.86. The fourth-order valence-corrected chi connectivity index (χ4v) is 1.21. The summed E-state index contributed by atoms with van der Waals surface area (Å²) in [4.78, 5) is 11.0. The molecule has 0 saturated heterocycles. The number of benzene rings is 1. The summed E-state index contributed by atoms with van der Waals surface area (Å²) in [6.45, 7) is 1.87. The third-order valence-corrected chi connectivity index (χ3v) is 1.92. The molecule has 0 fully saturated rings. The van der Waals surface area contributed by atoms with Gasteiger partial charge in [0.15, 0.2) is 0 Å². The van der Waals surface area contributed by atoms with Crippen molar-refractivity contribution in [3.05, 3.63) is 34.9 Å². The zero-order valence-corrected chi connectivity index (χ0v) is 7.77. The molecule has 1 rings (SSSR count). The van der Waals surface area contributed by atoms with Crippen LogP contribution in [0, 0.1) is 0 Å². The van der Waals surface area contributed by atoms with Crippen molar-refractivity contribution in [1.29, 1.82) is 0 Å². The number of carbonyl (C=O) groups excluding carboxylic acids is 1. The van der Waals surface area contributed by atoms with E-state index < -0.39 is 0 Å². The molecule has 0 atom stereocenters. The van der Waals surface area contributed by atoms with Crippen molar-refractivity contribution in [2.24, 2.45) is 0 Å². The molecule has 0 aromatic heterocycles. The first-order chi connectivity index (χ1) is 5.72. The van der Waals surface area contributed by atoms with Crippen molar-refractivity contribution in [1.82, 2.24) is 0 Å². The van der Waals surface area contributed by atoms with Crippen molar-refractivity contribution in [2.45, 2.75) is 19.8 Å². The summed E-state index contributed by atoms with van der Waals surface area (Å²) in [6, 6.07) is 7.41. The standard InChI is InChI=1S/C10H11ClO/c1-2-10(12)7-8-4-3-5-9(11)6-8/h3-6H,2,7H2,1H3. The molecule has 0 amide bonds. The van der Waals surface area contributed by atoms with Crippen LogP contribution < -0.4 is 0 Å². The highest BCUT2D eigenvalue weighted by molar-refractivity contribution is 6.30. The number of Topliss-reactive ketones (excluding diaryl/α,β-unsaturated/α-hetero) is 1. The van der Waals surface area contributed by atoms with E-state index in [2.05, 4.69) is 0 Å². The molecule has 0 spiro atoms. The lowest BCUT2D eigenvalue weighted by Crippen LogP contribution is -1.99. The van der Waals surface area contributed by atoms with Crippen LogP contribution in [-0.2, 0) is 11.2 Å². The molecule has 0 saturated carbocycles. The third kappa shape index (κ3) is 2.67. The van der Waals surface area contributed by atoms with Gasteiger partial charge in [-0.15, -0.1) is 0 Å². The van der Waals surface area contributed by atoms with Crippen LogP contribution in [-0.4, -0.2) is 5.78 Å². The number of hydrogen-bond donors (Lipinski definition) is 0. The third-order valence-electron chi connectivity index (χ3n) is 1.68. The smallest absolute Gasteiger partial charge is 0.136 e. The lowest BCUT2D eigenvalue weighted by molar-refractivity contribution is -0.118. The highest BCUT2D eigenvalue weighted by Crippen LogP contribution is 2.11. The molecule has 2 heteroatoms. The molecule has 0 unspecified atom stereocenters. The lowest BCUT2D eigenvalue weighted by Gasteiger charge is -1.98. The van der Waals surface area contributed by atoms with E-state index in [4.69, 9.17) is 11.6 Å². The van der Waals surface area contributed by atoms with Crippen LogP contribution >= 0.6 is 11.6 Å². The first-order valence-electron chi connectivity index (χ1n) is 3.98. The van der Waals surface area contributed by atoms with Crippen LogP contribution in [0.1, 0.15) is 18.9 Å². The normalized spacial score (nSPS) is 9.83. The van der Waals surface area contributed by atoms with Crippen LogP contribution in [0.4, 0.5) is 0 Å². The quantitative estimate of drug-likeness (QED) is 0.703. The van der Waals surface area contributed by atoms with Crippen molar-refractivity contribution >= 4 is 17.4 Å². The summed E-state index contributed by atoms with van der Waals surface area (Å²) in [5, 5.41) is 0.691. The van der Waals surface area contributed by atoms with Crippen molar-refractivity contribution in [2.75, 3.05) is 0 Å². The van der Waals surface area contributed by atoms with Gasteiger partial charge in [0.25, 0.3) is 0 Å². The molecular weight excluding hydrogens is 172 g/mol. The van der Waals surface area contributed by atoms with E-state index in [9.17, 15) is 4.79 Å². The Bertz CT molecular complexity index is 281. The van der Waals surface area contributed by atoms with Gasteiger partial charge in [-0.25, -0.2) is 0 Å². The second kappa shape index (κ2) is 4.27. The Kier molecular flexibility index (Phi) is 3.30. The molecule has 64 valence electrons. The fourth-order valence-electron chi connectivity index (χ4n) is 1.000. The maximum absolute atomic E-state index is 11.0. The highest BCUT2D eigenvalue weighted by atomic mass is 35.5. The van der Waals surface area contributed by atoms with E-state index >= 15 is 0 Å². The Labute approximate surface area is 77.4 Å². The second-order valence-electron chi connectivity index (χ2n) is 2.70. The Hall–Kier alpha value is -0.820. The van der Waals surface area contributed by atoms with Gasteiger partial charge >= 0.3 is 0 Å². The number of rotatable bonds is 3. The SMILES string of the molecule is CCC(=O)Cc1cccc(Cl)c1. The Morgan fingerprint density at radius 3 is 2.83 bits per heavy atom. The van der Waals surface area contributed by atoms with E-state index in [1.165, 1.54) is 0 Å². The van der Waals surface area contributed by atoms with Gasteiger partial charge in [-0.2, -0.15) is 0 Å². The molecule has 0 N–H and O–H groups in total. The van der Waals surface area contributed by atoms with E-state index in [1.54, 1.807) is 0 Å². The highest BCUT2D eigenvalue weighted by Gasteiger charge is 2.00. The number of hydrogen-bond acceptors (Lipinski definition) is 1. The second-order valence-corrected chi connectivity index (χ2v) is 3.14. The number of carbonyl (C=O) groups is 1. The van der Waals surface area contributed by atoms with E-state index in [0.29, 0.717) is 17.9 Å². The number of halogens is 1. The summed E-state index contributed by atoms with van der Waals surface area (Å²) in [7, 11) is 0. The van der Waals surface area contributed by atoms with Crippen LogP contribution in [0.5, 0.6) is 0 Å².